The number of thiazole rings is 1. The number of fused-ring (bicyclic) bond motifs is 1. The van der Waals surface area contributed by atoms with E-state index in [-0.39, 0.29) is 11.5 Å². The third kappa shape index (κ3) is 4.74. The molecule has 4 rings (SSSR count). The summed E-state index contributed by atoms with van der Waals surface area (Å²) in [6, 6.07) is 9.45. The van der Waals surface area contributed by atoms with Crippen LogP contribution in [0.1, 0.15) is 44.8 Å². The molecule has 0 atom stereocenters. The molecule has 2 aromatic heterocycles. The third-order valence-corrected chi connectivity index (χ3v) is 6.94. The number of ketones is 1. The van der Waals surface area contributed by atoms with Gasteiger partial charge in [-0.2, -0.15) is 5.26 Å². The highest BCUT2D eigenvalue weighted by Gasteiger charge is 2.23. The fraction of sp³-hybridized carbons (Fsp3) is 0.217. The number of amides is 1. The Labute approximate surface area is 188 Å². The number of nitrogens with one attached hydrogen (secondary N) is 2. The molecule has 0 radical (unpaired) electrons. The van der Waals surface area contributed by atoms with E-state index in [2.05, 4.69) is 21.7 Å². The molecule has 0 saturated carbocycles. The summed E-state index contributed by atoms with van der Waals surface area (Å²) in [6.45, 7) is 1.94. The van der Waals surface area contributed by atoms with Gasteiger partial charge in [0.15, 0.2) is 10.9 Å². The van der Waals surface area contributed by atoms with Gasteiger partial charge in [0.05, 0.1) is 5.56 Å². The first-order chi connectivity index (χ1) is 15.0. The number of aryl methyl sites for hydroxylation is 2. The lowest BCUT2D eigenvalue weighted by Gasteiger charge is -2.10. The van der Waals surface area contributed by atoms with Crippen LogP contribution in [0.3, 0.4) is 0 Å². The van der Waals surface area contributed by atoms with Gasteiger partial charge in [0.1, 0.15) is 16.8 Å². The highest BCUT2D eigenvalue weighted by Crippen LogP contribution is 2.38. The highest BCUT2D eigenvalue weighted by molar-refractivity contribution is 7.16. The van der Waals surface area contributed by atoms with Crippen molar-refractivity contribution in [3.05, 3.63) is 74.7 Å². The summed E-state index contributed by atoms with van der Waals surface area (Å²) in [4.78, 5) is 31.1. The van der Waals surface area contributed by atoms with E-state index < -0.39 is 5.91 Å². The Morgan fingerprint density at radius 2 is 1.94 bits per heavy atom. The normalized spacial score (nSPS) is 13.2. The lowest BCUT2D eigenvalue weighted by molar-refractivity contribution is -0.112. The molecule has 0 saturated heterocycles. The van der Waals surface area contributed by atoms with Crippen LogP contribution in [-0.2, 0) is 17.6 Å². The van der Waals surface area contributed by atoms with E-state index >= 15 is 0 Å². The maximum absolute atomic E-state index is 13.0. The zero-order valence-electron chi connectivity index (χ0n) is 16.9. The molecular weight excluding hydrogens is 428 g/mol. The first-order valence-corrected chi connectivity index (χ1v) is 11.6. The van der Waals surface area contributed by atoms with E-state index in [1.165, 1.54) is 33.6 Å². The number of anilines is 2. The molecular formula is C23H20N4O2S2. The number of carbonyl (C=O) groups excluding carboxylic acids is 2. The van der Waals surface area contributed by atoms with Gasteiger partial charge in [0.25, 0.3) is 5.91 Å². The quantitative estimate of drug-likeness (QED) is 0.405. The van der Waals surface area contributed by atoms with Crippen LogP contribution in [0.4, 0.5) is 10.1 Å². The van der Waals surface area contributed by atoms with Crippen LogP contribution in [-0.4, -0.2) is 16.7 Å². The fourth-order valence-electron chi connectivity index (χ4n) is 3.43. The summed E-state index contributed by atoms with van der Waals surface area (Å²) in [7, 11) is 0. The molecule has 2 N–H and O–H groups in total. The van der Waals surface area contributed by atoms with Gasteiger partial charge >= 0.3 is 0 Å². The molecule has 1 aliphatic rings. The second-order valence-corrected chi connectivity index (χ2v) is 9.23. The SMILES string of the molecule is Cc1ccc(C(=O)C=C(Nc2sc3c(c2C#N)CCCC3)C(=O)Nc2nccs2)cc1. The van der Waals surface area contributed by atoms with Crippen LogP contribution in [0.25, 0.3) is 0 Å². The van der Waals surface area contributed by atoms with Crippen LogP contribution >= 0.6 is 22.7 Å². The Kier molecular flexibility index (Phi) is 6.26. The van der Waals surface area contributed by atoms with Crippen molar-refractivity contribution in [2.45, 2.75) is 32.6 Å². The molecule has 0 aliphatic heterocycles. The summed E-state index contributed by atoms with van der Waals surface area (Å²) in [6.07, 6.45) is 6.82. The lowest BCUT2D eigenvalue weighted by Crippen LogP contribution is -2.21. The van der Waals surface area contributed by atoms with Gasteiger partial charge in [-0.15, -0.1) is 22.7 Å². The van der Waals surface area contributed by atoms with Gasteiger partial charge in [-0.05, 0) is 38.2 Å². The number of benzene rings is 1. The van der Waals surface area contributed by atoms with Gasteiger partial charge in [-0.25, -0.2) is 4.98 Å². The van der Waals surface area contributed by atoms with Crippen LogP contribution in [0, 0.1) is 18.3 Å². The number of hydrogen-bond acceptors (Lipinski definition) is 7. The van der Waals surface area contributed by atoms with Crippen molar-refractivity contribution in [1.29, 1.82) is 5.26 Å². The van der Waals surface area contributed by atoms with Crippen molar-refractivity contribution in [3.8, 4) is 6.07 Å². The molecule has 1 aliphatic carbocycles. The first-order valence-electron chi connectivity index (χ1n) is 9.90. The van der Waals surface area contributed by atoms with Crippen LogP contribution in [0.5, 0.6) is 0 Å². The zero-order valence-corrected chi connectivity index (χ0v) is 18.5. The third-order valence-electron chi connectivity index (χ3n) is 5.04. The van der Waals surface area contributed by atoms with E-state index in [0.717, 1.165) is 36.8 Å². The van der Waals surface area contributed by atoms with Crippen molar-refractivity contribution in [2.24, 2.45) is 0 Å². The Morgan fingerprint density at radius 1 is 1.16 bits per heavy atom. The Bertz CT molecular complexity index is 1190. The molecule has 2 heterocycles. The van der Waals surface area contributed by atoms with Crippen molar-refractivity contribution in [2.75, 3.05) is 10.6 Å². The predicted octanol–water partition coefficient (Wildman–Crippen LogP) is 5.08. The van der Waals surface area contributed by atoms with Crippen molar-refractivity contribution in [3.63, 3.8) is 0 Å². The minimum atomic E-state index is -0.481. The van der Waals surface area contributed by atoms with Gasteiger partial charge in [0.2, 0.25) is 0 Å². The molecule has 0 bridgehead atoms. The Balaban J connectivity index is 1.68. The van der Waals surface area contributed by atoms with Crippen molar-refractivity contribution < 1.29 is 9.59 Å². The number of aromatic nitrogens is 1. The summed E-state index contributed by atoms with van der Waals surface area (Å²) >= 11 is 2.78. The minimum Gasteiger partial charge on any atom is -0.342 e. The number of nitrogens with zero attached hydrogens (tertiary/aromatic N) is 2. The molecule has 8 heteroatoms. The fourth-order valence-corrected chi connectivity index (χ4v) is 5.21. The van der Waals surface area contributed by atoms with Crippen LogP contribution in [0.2, 0.25) is 0 Å². The van der Waals surface area contributed by atoms with Gasteiger partial charge in [-0.3, -0.25) is 14.9 Å². The molecule has 1 amide bonds. The Morgan fingerprint density at radius 3 is 2.65 bits per heavy atom. The van der Waals surface area contributed by atoms with E-state index in [1.807, 2.05) is 19.1 Å². The molecule has 3 aromatic rings. The van der Waals surface area contributed by atoms with Crippen molar-refractivity contribution in [1.82, 2.24) is 4.98 Å². The van der Waals surface area contributed by atoms with Crippen molar-refractivity contribution >= 4 is 44.5 Å². The molecule has 0 fully saturated rings. The van der Waals surface area contributed by atoms with E-state index in [1.54, 1.807) is 23.7 Å². The van der Waals surface area contributed by atoms with E-state index in [9.17, 15) is 14.9 Å². The van der Waals surface area contributed by atoms with Gasteiger partial charge < -0.3 is 5.32 Å². The maximum atomic E-state index is 13.0. The molecule has 31 heavy (non-hydrogen) atoms. The average molecular weight is 449 g/mol. The standard InChI is InChI=1S/C23H20N4O2S2/c1-14-6-8-15(9-7-14)19(28)12-18(21(29)27-23-25-10-11-30-23)26-22-17(13-24)16-4-2-3-5-20(16)31-22/h6-12,26H,2-5H2,1H3,(H,25,27,29). The van der Waals surface area contributed by atoms with E-state index in [0.29, 0.717) is 21.3 Å². The number of rotatable bonds is 6. The second-order valence-electron chi connectivity index (χ2n) is 7.23. The molecule has 156 valence electrons. The summed E-state index contributed by atoms with van der Waals surface area (Å²) in [5, 5.41) is 18.3. The Hall–Kier alpha value is -3.28. The molecule has 1 aromatic carbocycles. The summed E-state index contributed by atoms with van der Waals surface area (Å²) < 4.78 is 0. The van der Waals surface area contributed by atoms with Gasteiger partial charge in [-0.1, -0.05) is 29.8 Å². The largest absolute Gasteiger partial charge is 0.342 e. The van der Waals surface area contributed by atoms with Crippen LogP contribution < -0.4 is 10.6 Å². The molecule has 6 nitrogen and oxygen atoms in total. The maximum Gasteiger partial charge on any atom is 0.274 e. The number of carbonyl (C=O) groups is 2. The van der Waals surface area contributed by atoms with E-state index in [4.69, 9.17) is 0 Å². The highest BCUT2D eigenvalue weighted by atomic mass is 32.1. The topological polar surface area (TPSA) is 94.9 Å². The van der Waals surface area contributed by atoms with Crippen LogP contribution in [0.15, 0.2) is 47.6 Å². The number of hydrogen-bond donors (Lipinski definition) is 2. The number of thiophene rings is 1. The number of allylic oxidation sites excluding steroid dienone is 1. The average Bonchev–Trinajstić information content (AvgIpc) is 3.40. The second kappa shape index (κ2) is 9.25. The molecule has 0 spiro atoms. The zero-order chi connectivity index (χ0) is 21.8. The summed E-state index contributed by atoms with van der Waals surface area (Å²) in [5.74, 6) is -0.776. The minimum absolute atomic E-state index is 0.0795. The summed E-state index contributed by atoms with van der Waals surface area (Å²) in [5.41, 5.74) is 3.23. The smallest absolute Gasteiger partial charge is 0.274 e. The first kappa shape index (κ1) is 21.0. The lowest BCUT2D eigenvalue weighted by atomic mass is 9.96. The molecule has 0 unspecified atom stereocenters. The van der Waals surface area contributed by atoms with Gasteiger partial charge in [0, 0.05) is 28.1 Å². The number of nitriles is 1. The predicted molar refractivity (Wildman–Crippen MR) is 124 cm³/mol. The monoisotopic (exact) mass is 448 g/mol.